The highest BCUT2D eigenvalue weighted by atomic mass is 79.9. The van der Waals surface area contributed by atoms with E-state index < -0.39 is 4.92 Å². The maximum Gasteiger partial charge on any atom is 0.270 e. The van der Waals surface area contributed by atoms with E-state index >= 15 is 0 Å². The Morgan fingerprint density at radius 2 is 2.14 bits per heavy atom. The summed E-state index contributed by atoms with van der Waals surface area (Å²) in [4.78, 5) is 24.5. The van der Waals surface area contributed by atoms with Crippen molar-refractivity contribution in [3.8, 4) is 0 Å². The van der Waals surface area contributed by atoms with Gasteiger partial charge in [-0.25, -0.2) is 0 Å². The van der Waals surface area contributed by atoms with Gasteiger partial charge in [0.2, 0.25) is 5.91 Å². The van der Waals surface area contributed by atoms with Gasteiger partial charge in [0.25, 0.3) is 5.69 Å². The SMILES string of the molecule is CNCC1CCN(C(=O)Cc2ccc([N+](=O)[O-])cc2Br)CC1. The molecule has 0 bridgehead atoms. The Labute approximate surface area is 138 Å². The van der Waals surface area contributed by atoms with E-state index in [4.69, 9.17) is 0 Å². The Bertz CT molecular complexity index is 557. The Morgan fingerprint density at radius 3 is 2.68 bits per heavy atom. The number of carbonyl (C=O) groups is 1. The molecule has 1 fully saturated rings. The molecule has 1 aliphatic rings. The lowest BCUT2D eigenvalue weighted by Gasteiger charge is -2.32. The van der Waals surface area contributed by atoms with Crippen LogP contribution in [0.4, 0.5) is 5.69 Å². The first-order valence-corrected chi connectivity index (χ1v) is 8.15. The lowest BCUT2D eigenvalue weighted by molar-refractivity contribution is -0.384. The molecular weight excluding hydrogens is 350 g/mol. The Hall–Kier alpha value is -1.47. The normalized spacial score (nSPS) is 15.8. The van der Waals surface area contributed by atoms with Crippen molar-refractivity contribution in [2.24, 2.45) is 5.92 Å². The molecule has 0 radical (unpaired) electrons. The van der Waals surface area contributed by atoms with Crippen LogP contribution in [0.25, 0.3) is 0 Å². The average Bonchev–Trinajstić information content (AvgIpc) is 2.50. The Balaban J connectivity index is 1.94. The number of nitro benzene ring substituents is 1. The number of rotatable bonds is 5. The second-order valence-corrected chi connectivity index (χ2v) is 6.45. The number of halogens is 1. The first kappa shape index (κ1) is 16.9. The molecule has 22 heavy (non-hydrogen) atoms. The molecule has 2 rings (SSSR count). The van der Waals surface area contributed by atoms with Crippen LogP contribution < -0.4 is 5.32 Å². The molecule has 120 valence electrons. The quantitative estimate of drug-likeness (QED) is 0.638. The van der Waals surface area contributed by atoms with Crippen LogP contribution in [-0.2, 0) is 11.2 Å². The van der Waals surface area contributed by atoms with Crippen molar-refractivity contribution < 1.29 is 9.72 Å². The Kier molecular flexibility index (Phi) is 5.90. The predicted molar refractivity (Wildman–Crippen MR) is 87.7 cm³/mol. The maximum absolute atomic E-state index is 12.4. The summed E-state index contributed by atoms with van der Waals surface area (Å²) in [5.74, 6) is 0.720. The fourth-order valence-corrected chi connectivity index (χ4v) is 3.25. The zero-order valence-corrected chi connectivity index (χ0v) is 14.1. The highest BCUT2D eigenvalue weighted by Crippen LogP contribution is 2.24. The fourth-order valence-electron chi connectivity index (χ4n) is 2.74. The first-order chi connectivity index (χ1) is 10.5. The molecular formula is C15H20BrN3O3. The van der Waals surface area contributed by atoms with Crippen molar-refractivity contribution in [1.82, 2.24) is 10.2 Å². The van der Waals surface area contributed by atoms with Crippen LogP contribution in [0.3, 0.4) is 0 Å². The number of carbonyl (C=O) groups excluding carboxylic acids is 1. The average molecular weight is 370 g/mol. The first-order valence-electron chi connectivity index (χ1n) is 7.36. The minimum atomic E-state index is -0.442. The third kappa shape index (κ3) is 4.27. The maximum atomic E-state index is 12.4. The number of non-ortho nitro benzene ring substituents is 1. The summed E-state index contributed by atoms with van der Waals surface area (Å²) >= 11 is 3.31. The van der Waals surface area contributed by atoms with Gasteiger partial charge < -0.3 is 10.2 Å². The van der Waals surface area contributed by atoms with E-state index in [0.29, 0.717) is 10.4 Å². The number of nitro groups is 1. The van der Waals surface area contributed by atoms with Gasteiger partial charge in [-0.15, -0.1) is 0 Å². The molecule has 0 spiro atoms. The molecule has 0 aliphatic carbocycles. The van der Waals surface area contributed by atoms with Crippen molar-refractivity contribution in [3.63, 3.8) is 0 Å². The number of piperidine rings is 1. The molecule has 1 saturated heterocycles. The van der Waals surface area contributed by atoms with Gasteiger partial charge in [0.05, 0.1) is 11.3 Å². The molecule has 6 nitrogen and oxygen atoms in total. The molecule has 0 saturated carbocycles. The lowest BCUT2D eigenvalue weighted by Crippen LogP contribution is -2.41. The highest BCUT2D eigenvalue weighted by molar-refractivity contribution is 9.10. The van der Waals surface area contributed by atoms with Crippen molar-refractivity contribution in [2.75, 3.05) is 26.7 Å². The molecule has 7 heteroatoms. The molecule has 0 atom stereocenters. The van der Waals surface area contributed by atoms with E-state index in [9.17, 15) is 14.9 Å². The molecule has 1 heterocycles. The van der Waals surface area contributed by atoms with Gasteiger partial charge in [0.1, 0.15) is 0 Å². The number of benzene rings is 1. The number of hydrogen-bond acceptors (Lipinski definition) is 4. The van der Waals surface area contributed by atoms with Crippen LogP contribution in [0.2, 0.25) is 0 Å². The van der Waals surface area contributed by atoms with Crippen LogP contribution in [0.5, 0.6) is 0 Å². The summed E-state index contributed by atoms with van der Waals surface area (Å²) in [6, 6.07) is 4.53. The number of hydrogen-bond donors (Lipinski definition) is 1. The van der Waals surface area contributed by atoms with E-state index in [-0.39, 0.29) is 18.0 Å². The van der Waals surface area contributed by atoms with Gasteiger partial charge in [-0.2, -0.15) is 0 Å². The molecule has 0 aromatic heterocycles. The van der Waals surface area contributed by atoms with Gasteiger partial charge in [-0.05, 0) is 37.9 Å². The van der Waals surface area contributed by atoms with Crippen molar-refractivity contribution >= 4 is 27.5 Å². The van der Waals surface area contributed by atoms with Crippen LogP contribution >= 0.6 is 15.9 Å². The van der Waals surface area contributed by atoms with Gasteiger partial charge >= 0.3 is 0 Å². The smallest absolute Gasteiger partial charge is 0.270 e. The second-order valence-electron chi connectivity index (χ2n) is 5.59. The molecule has 1 N–H and O–H groups in total. The monoisotopic (exact) mass is 369 g/mol. The Morgan fingerprint density at radius 1 is 1.45 bits per heavy atom. The zero-order valence-electron chi connectivity index (χ0n) is 12.5. The van der Waals surface area contributed by atoms with Crippen LogP contribution in [0.1, 0.15) is 18.4 Å². The molecule has 1 aliphatic heterocycles. The second kappa shape index (κ2) is 7.69. The van der Waals surface area contributed by atoms with Crippen molar-refractivity contribution in [3.05, 3.63) is 38.3 Å². The molecule has 0 unspecified atom stereocenters. The third-order valence-electron chi connectivity index (χ3n) is 4.05. The van der Waals surface area contributed by atoms with Gasteiger partial charge in [0, 0.05) is 29.7 Å². The zero-order chi connectivity index (χ0) is 16.1. The van der Waals surface area contributed by atoms with E-state index in [1.807, 2.05) is 11.9 Å². The minimum absolute atomic E-state index is 0.0240. The van der Waals surface area contributed by atoms with E-state index in [2.05, 4.69) is 21.2 Å². The summed E-state index contributed by atoms with van der Waals surface area (Å²) < 4.78 is 0.611. The molecule has 1 aromatic rings. The summed E-state index contributed by atoms with van der Waals surface area (Å²) in [7, 11) is 1.95. The number of amides is 1. The third-order valence-corrected chi connectivity index (χ3v) is 4.79. The van der Waals surface area contributed by atoms with Crippen LogP contribution in [0, 0.1) is 16.0 Å². The molecule has 1 amide bonds. The van der Waals surface area contributed by atoms with Gasteiger partial charge in [-0.3, -0.25) is 14.9 Å². The van der Waals surface area contributed by atoms with Crippen LogP contribution in [0.15, 0.2) is 22.7 Å². The minimum Gasteiger partial charge on any atom is -0.342 e. The molecule has 1 aromatic carbocycles. The standard InChI is InChI=1S/C15H20BrN3O3/c1-17-10-11-4-6-18(7-5-11)15(20)8-12-2-3-13(19(21)22)9-14(12)16/h2-3,9,11,17H,4-8,10H2,1H3. The largest absolute Gasteiger partial charge is 0.342 e. The predicted octanol–water partition coefficient (Wildman–Crippen LogP) is 2.36. The summed E-state index contributed by atoms with van der Waals surface area (Å²) in [5, 5.41) is 13.9. The van der Waals surface area contributed by atoms with Crippen molar-refractivity contribution in [1.29, 1.82) is 0 Å². The topological polar surface area (TPSA) is 75.5 Å². The van der Waals surface area contributed by atoms with E-state index in [1.165, 1.54) is 12.1 Å². The van der Waals surface area contributed by atoms with Gasteiger partial charge in [-0.1, -0.05) is 22.0 Å². The number of nitrogens with zero attached hydrogens (tertiary/aromatic N) is 2. The summed E-state index contributed by atoms with van der Waals surface area (Å²) in [5.41, 5.74) is 0.809. The number of nitrogens with one attached hydrogen (secondary N) is 1. The fraction of sp³-hybridized carbons (Fsp3) is 0.533. The highest BCUT2D eigenvalue weighted by Gasteiger charge is 2.23. The van der Waals surface area contributed by atoms with Crippen LogP contribution in [-0.4, -0.2) is 42.4 Å². The van der Waals surface area contributed by atoms with E-state index in [0.717, 1.165) is 38.0 Å². The lowest BCUT2D eigenvalue weighted by atomic mass is 9.96. The summed E-state index contributed by atoms with van der Waals surface area (Å²) in [6.07, 6.45) is 2.32. The van der Waals surface area contributed by atoms with Gasteiger partial charge in [0.15, 0.2) is 0 Å². The van der Waals surface area contributed by atoms with E-state index in [1.54, 1.807) is 6.07 Å². The van der Waals surface area contributed by atoms with Crippen molar-refractivity contribution in [2.45, 2.75) is 19.3 Å². The summed E-state index contributed by atoms with van der Waals surface area (Å²) in [6.45, 7) is 2.57. The number of likely N-dealkylation sites (tertiary alicyclic amines) is 1.